The Balaban J connectivity index is 1.55. The smallest absolute Gasteiger partial charge is 0.251 e. The van der Waals surface area contributed by atoms with Crippen LogP contribution in [-0.2, 0) is 21.2 Å². The van der Waals surface area contributed by atoms with E-state index in [2.05, 4.69) is 17.4 Å². The van der Waals surface area contributed by atoms with Crippen molar-refractivity contribution in [3.05, 3.63) is 65.7 Å². The van der Waals surface area contributed by atoms with Crippen LogP contribution < -0.4 is 5.32 Å². The number of amides is 1. The van der Waals surface area contributed by atoms with Gasteiger partial charge in [0.25, 0.3) is 5.91 Å². The van der Waals surface area contributed by atoms with Gasteiger partial charge in [0.15, 0.2) is 0 Å². The first-order valence-corrected chi connectivity index (χ1v) is 11.4. The Morgan fingerprint density at radius 1 is 1.03 bits per heavy atom. The highest BCUT2D eigenvalue weighted by Gasteiger charge is 2.32. The molecule has 1 heterocycles. The van der Waals surface area contributed by atoms with Crippen molar-refractivity contribution in [1.29, 1.82) is 0 Å². The van der Waals surface area contributed by atoms with Gasteiger partial charge in [-0.2, -0.15) is 4.31 Å². The quantitative estimate of drug-likeness (QED) is 0.705. The summed E-state index contributed by atoms with van der Waals surface area (Å²) >= 11 is 0. The van der Waals surface area contributed by atoms with Gasteiger partial charge in [0.2, 0.25) is 10.0 Å². The lowest BCUT2D eigenvalue weighted by Gasteiger charge is -2.34. The van der Waals surface area contributed by atoms with Gasteiger partial charge in [-0.1, -0.05) is 30.3 Å². The Morgan fingerprint density at radius 2 is 1.66 bits per heavy atom. The zero-order valence-electron chi connectivity index (χ0n) is 16.9. The van der Waals surface area contributed by atoms with Gasteiger partial charge < -0.3 is 10.1 Å². The van der Waals surface area contributed by atoms with E-state index in [1.165, 1.54) is 22.0 Å². The highest BCUT2D eigenvalue weighted by molar-refractivity contribution is 7.89. The second-order valence-electron chi connectivity index (χ2n) is 7.45. The SMILES string of the molecule is CC1CN(S(=O)(=O)c2ccc(C(=O)NCCCc3ccccc3)cc2)CC(C)O1. The summed E-state index contributed by atoms with van der Waals surface area (Å²) in [7, 11) is -3.60. The first-order valence-electron chi connectivity index (χ1n) is 9.94. The van der Waals surface area contributed by atoms with Crippen LogP contribution >= 0.6 is 0 Å². The van der Waals surface area contributed by atoms with Crippen LogP contribution in [0.5, 0.6) is 0 Å². The number of carbonyl (C=O) groups excluding carboxylic acids is 1. The number of hydrogen-bond acceptors (Lipinski definition) is 4. The lowest BCUT2D eigenvalue weighted by Crippen LogP contribution is -2.48. The second-order valence-corrected chi connectivity index (χ2v) is 9.39. The summed E-state index contributed by atoms with van der Waals surface area (Å²) in [6, 6.07) is 16.2. The number of nitrogens with zero attached hydrogens (tertiary/aromatic N) is 1. The topological polar surface area (TPSA) is 75.7 Å². The fraction of sp³-hybridized carbons (Fsp3) is 0.409. The number of nitrogens with one attached hydrogen (secondary N) is 1. The van der Waals surface area contributed by atoms with Crippen molar-refractivity contribution in [2.75, 3.05) is 19.6 Å². The van der Waals surface area contributed by atoms with E-state index in [1.54, 1.807) is 12.1 Å². The lowest BCUT2D eigenvalue weighted by atomic mass is 10.1. The average molecular weight is 417 g/mol. The number of ether oxygens (including phenoxy) is 1. The van der Waals surface area contributed by atoms with Crippen LogP contribution in [-0.4, -0.2) is 50.5 Å². The molecular formula is C22H28N2O4S. The molecule has 2 atom stereocenters. The summed E-state index contributed by atoms with van der Waals surface area (Å²) < 4.78 is 32.8. The van der Waals surface area contributed by atoms with Crippen molar-refractivity contribution in [2.45, 2.75) is 43.8 Å². The Kier molecular flexibility index (Phi) is 7.05. The van der Waals surface area contributed by atoms with Gasteiger partial charge >= 0.3 is 0 Å². The Hall–Kier alpha value is -2.22. The van der Waals surface area contributed by atoms with Crippen molar-refractivity contribution in [1.82, 2.24) is 9.62 Å². The Labute approximate surface area is 172 Å². The summed E-state index contributed by atoms with van der Waals surface area (Å²) in [5, 5.41) is 2.89. The van der Waals surface area contributed by atoms with Crippen LogP contribution in [0.15, 0.2) is 59.5 Å². The highest BCUT2D eigenvalue weighted by Crippen LogP contribution is 2.21. The molecule has 1 saturated heterocycles. The molecule has 3 rings (SSSR count). The maximum atomic E-state index is 12.9. The normalized spacial score (nSPS) is 20.3. The van der Waals surface area contributed by atoms with Gasteiger partial charge in [0, 0.05) is 25.2 Å². The van der Waals surface area contributed by atoms with Gasteiger partial charge in [-0.15, -0.1) is 0 Å². The average Bonchev–Trinajstić information content (AvgIpc) is 2.71. The fourth-order valence-electron chi connectivity index (χ4n) is 3.50. The molecule has 0 aromatic heterocycles. The van der Waals surface area contributed by atoms with Crippen LogP contribution in [0.25, 0.3) is 0 Å². The molecular weight excluding hydrogens is 388 g/mol. The minimum Gasteiger partial charge on any atom is -0.373 e. The number of rotatable bonds is 7. The minimum absolute atomic E-state index is 0.144. The van der Waals surface area contributed by atoms with Gasteiger partial charge in [-0.05, 0) is 56.5 Å². The van der Waals surface area contributed by atoms with E-state index in [9.17, 15) is 13.2 Å². The van der Waals surface area contributed by atoms with Crippen LogP contribution in [0.4, 0.5) is 0 Å². The van der Waals surface area contributed by atoms with Crippen LogP contribution in [0.1, 0.15) is 36.2 Å². The molecule has 6 nitrogen and oxygen atoms in total. The summed E-state index contributed by atoms with van der Waals surface area (Å²) in [6.45, 7) is 4.96. The predicted octanol–water partition coefficient (Wildman–Crippen LogP) is 2.85. The summed E-state index contributed by atoms with van der Waals surface area (Å²) in [5.74, 6) is -0.198. The second kappa shape index (κ2) is 9.52. The first-order chi connectivity index (χ1) is 13.9. The van der Waals surface area contributed by atoms with E-state index in [4.69, 9.17) is 4.74 Å². The molecule has 0 spiro atoms. The van der Waals surface area contributed by atoms with Gasteiger partial charge in [-0.25, -0.2) is 8.42 Å². The largest absolute Gasteiger partial charge is 0.373 e. The predicted molar refractivity (Wildman–Crippen MR) is 112 cm³/mol. The number of carbonyl (C=O) groups is 1. The van der Waals surface area contributed by atoms with E-state index in [1.807, 2.05) is 32.0 Å². The first kappa shape index (κ1) is 21.5. The molecule has 1 aliphatic rings. The van der Waals surface area contributed by atoms with E-state index >= 15 is 0 Å². The third-order valence-electron chi connectivity index (χ3n) is 4.91. The molecule has 2 aromatic carbocycles. The molecule has 2 aromatic rings. The molecule has 1 fully saturated rings. The van der Waals surface area contributed by atoms with E-state index in [0.717, 1.165) is 12.8 Å². The molecule has 0 radical (unpaired) electrons. The molecule has 7 heteroatoms. The maximum absolute atomic E-state index is 12.9. The van der Waals surface area contributed by atoms with Crippen molar-refractivity contribution < 1.29 is 17.9 Å². The fourth-order valence-corrected chi connectivity index (χ4v) is 5.09. The zero-order chi connectivity index (χ0) is 20.9. The Bertz CT molecular complexity index is 904. The number of hydrogen-bond donors (Lipinski definition) is 1. The Morgan fingerprint density at radius 3 is 2.28 bits per heavy atom. The molecule has 1 N–H and O–H groups in total. The third-order valence-corrected chi connectivity index (χ3v) is 6.76. The molecule has 0 bridgehead atoms. The maximum Gasteiger partial charge on any atom is 0.251 e. The number of morpholine rings is 1. The van der Waals surface area contributed by atoms with E-state index in [-0.39, 0.29) is 23.0 Å². The standard InChI is InChI=1S/C22H28N2O4S/c1-17-15-24(16-18(2)28-17)29(26,27)21-12-10-20(11-13-21)22(25)23-14-6-9-19-7-4-3-5-8-19/h3-5,7-8,10-13,17-18H,6,9,14-16H2,1-2H3,(H,23,25). The molecule has 0 saturated carbocycles. The van der Waals surface area contributed by atoms with Crippen LogP contribution in [0.2, 0.25) is 0 Å². The van der Waals surface area contributed by atoms with Crippen molar-refractivity contribution >= 4 is 15.9 Å². The summed E-state index contributed by atoms with van der Waals surface area (Å²) in [5.41, 5.74) is 1.69. The monoisotopic (exact) mass is 416 g/mol. The van der Waals surface area contributed by atoms with Crippen LogP contribution in [0, 0.1) is 0 Å². The van der Waals surface area contributed by atoms with Gasteiger partial charge in [0.05, 0.1) is 17.1 Å². The number of aryl methyl sites for hydroxylation is 1. The zero-order valence-corrected chi connectivity index (χ0v) is 17.7. The minimum atomic E-state index is -3.60. The molecule has 2 unspecified atom stereocenters. The third kappa shape index (κ3) is 5.65. The lowest BCUT2D eigenvalue weighted by molar-refractivity contribution is -0.0440. The molecule has 156 valence electrons. The number of benzene rings is 2. The van der Waals surface area contributed by atoms with Gasteiger partial charge in [0.1, 0.15) is 0 Å². The number of sulfonamides is 1. The summed E-state index contributed by atoms with van der Waals surface area (Å²) in [4.78, 5) is 12.5. The summed E-state index contributed by atoms with van der Waals surface area (Å²) in [6.07, 6.45) is 1.45. The van der Waals surface area contributed by atoms with Crippen molar-refractivity contribution in [2.24, 2.45) is 0 Å². The van der Waals surface area contributed by atoms with Crippen LogP contribution in [0.3, 0.4) is 0 Å². The van der Waals surface area contributed by atoms with Crippen molar-refractivity contribution in [3.63, 3.8) is 0 Å². The molecule has 1 aliphatic heterocycles. The van der Waals surface area contributed by atoms with E-state index in [0.29, 0.717) is 25.2 Å². The molecule has 0 aliphatic carbocycles. The molecule has 29 heavy (non-hydrogen) atoms. The van der Waals surface area contributed by atoms with Gasteiger partial charge in [-0.3, -0.25) is 4.79 Å². The highest BCUT2D eigenvalue weighted by atomic mass is 32.2. The van der Waals surface area contributed by atoms with Crippen molar-refractivity contribution in [3.8, 4) is 0 Å². The van der Waals surface area contributed by atoms with E-state index < -0.39 is 10.0 Å². The molecule has 1 amide bonds.